The molecule has 5 heteroatoms. The van der Waals surface area contributed by atoms with Crippen LogP contribution in [0.25, 0.3) is 0 Å². The number of hydrogen-bond acceptors (Lipinski definition) is 3. The summed E-state index contributed by atoms with van der Waals surface area (Å²) >= 11 is 0. The van der Waals surface area contributed by atoms with Gasteiger partial charge in [0.15, 0.2) is 0 Å². The molecular formula is C14H14FNO2S. The van der Waals surface area contributed by atoms with Crippen molar-refractivity contribution in [2.24, 2.45) is 0 Å². The van der Waals surface area contributed by atoms with Gasteiger partial charge in [-0.05, 0) is 42.0 Å². The molecular weight excluding hydrogens is 265 g/mol. The molecule has 0 aliphatic heterocycles. The van der Waals surface area contributed by atoms with Gasteiger partial charge < -0.3 is 10.5 Å². The zero-order valence-corrected chi connectivity index (χ0v) is 11.2. The quantitative estimate of drug-likeness (QED) is 0.875. The van der Waals surface area contributed by atoms with Crippen LogP contribution >= 0.6 is 0 Å². The topological polar surface area (TPSA) is 52.3 Å². The van der Waals surface area contributed by atoms with Gasteiger partial charge in [-0.1, -0.05) is 6.07 Å². The number of benzene rings is 2. The smallest absolute Gasteiger partial charge is 0.125 e. The van der Waals surface area contributed by atoms with Crippen LogP contribution in [0.15, 0.2) is 47.4 Å². The average molecular weight is 279 g/mol. The molecule has 19 heavy (non-hydrogen) atoms. The van der Waals surface area contributed by atoms with Gasteiger partial charge >= 0.3 is 0 Å². The summed E-state index contributed by atoms with van der Waals surface area (Å²) in [6, 6.07) is 11.2. The molecule has 2 aromatic rings. The Labute approximate surface area is 113 Å². The highest BCUT2D eigenvalue weighted by Crippen LogP contribution is 2.19. The summed E-state index contributed by atoms with van der Waals surface area (Å²) < 4.78 is 30.5. The van der Waals surface area contributed by atoms with Gasteiger partial charge in [-0.25, -0.2) is 4.39 Å². The van der Waals surface area contributed by atoms with E-state index in [0.29, 0.717) is 21.9 Å². The van der Waals surface area contributed by atoms with Crippen LogP contribution in [0.5, 0.6) is 5.75 Å². The normalized spacial score (nSPS) is 12.1. The number of nitrogens with two attached hydrogens (primary N) is 1. The van der Waals surface area contributed by atoms with Crippen LogP contribution in [-0.2, 0) is 16.6 Å². The largest absolute Gasteiger partial charge is 0.497 e. The van der Waals surface area contributed by atoms with E-state index in [1.54, 1.807) is 37.4 Å². The predicted octanol–water partition coefficient (Wildman–Crippen LogP) is 2.72. The maximum atomic E-state index is 13.2. The number of rotatable bonds is 4. The second kappa shape index (κ2) is 5.84. The van der Waals surface area contributed by atoms with Crippen molar-refractivity contribution in [3.8, 4) is 5.75 Å². The lowest BCUT2D eigenvalue weighted by Gasteiger charge is -2.06. The van der Waals surface area contributed by atoms with Crippen molar-refractivity contribution in [2.45, 2.75) is 10.6 Å². The lowest BCUT2D eigenvalue weighted by molar-refractivity contribution is 0.413. The molecule has 0 heterocycles. The van der Waals surface area contributed by atoms with Gasteiger partial charge in [0.25, 0.3) is 0 Å². The fraction of sp³-hybridized carbons (Fsp3) is 0.143. The maximum absolute atomic E-state index is 13.2. The minimum Gasteiger partial charge on any atom is -0.497 e. The van der Waals surface area contributed by atoms with Gasteiger partial charge in [0.2, 0.25) is 0 Å². The molecule has 0 aromatic heterocycles. The number of anilines is 1. The summed E-state index contributed by atoms with van der Waals surface area (Å²) in [5, 5.41) is 0. The Kier molecular flexibility index (Phi) is 4.16. The highest BCUT2D eigenvalue weighted by molar-refractivity contribution is 7.84. The molecule has 0 radical (unpaired) electrons. The number of nitrogen functional groups attached to an aromatic ring is 1. The van der Waals surface area contributed by atoms with Gasteiger partial charge in [-0.2, -0.15) is 0 Å². The van der Waals surface area contributed by atoms with E-state index in [1.807, 2.05) is 0 Å². The van der Waals surface area contributed by atoms with E-state index >= 15 is 0 Å². The van der Waals surface area contributed by atoms with Crippen LogP contribution in [0, 0.1) is 5.82 Å². The molecule has 0 aliphatic rings. The summed E-state index contributed by atoms with van der Waals surface area (Å²) in [4.78, 5) is 0.641. The van der Waals surface area contributed by atoms with Crippen molar-refractivity contribution in [1.82, 2.24) is 0 Å². The average Bonchev–Trinajstić information content (AvgIpc) is 2.37. The SMILES string of the molecule is COc1cccc(S(=O)Cc2cc(N)cc(F)c2)c1. The lowest BCUT2D eigenvalue weighted by Crippen LogP contribution is -1.99. The second-order valence-electron chi connectivity index (χ2n) is 4.06. The van der Waals surface area contributed by atoms with E-state index in [-0.39, 0.29) is 5.75 Å². The van der Waals surface area contributed by atoms with E-state index in [2.05, 4.69) is 0 Å². The first-order valence-electron chi connectivity index (χ1n) is 5.66. The van der Waals surface area contributed by atoms with Crippen molar-refractivity contribution in [3.05, 3.63) is 53.8 Å². The zero-order chi connectivity index (χ0) is 13.8. The lowest BCUT2D eigenvalue weighted by atomic mass is 10.2. The van der Waals surface area contributed by atoms with Crippen molar-refractivity contribution >= 4 is 16.5 Å². The van der Waals surface area contributed by atoms with Gasteiger partial charge in [-0.3, -0.25) is 4.21 Å². The first kappa shape index (κ1) is 13.5. The minimum atomic E-state index is -1.27. The molecule has 0 spiro atoms. The number of ether oxygens (including phenoxy) is 1. The molecule has 100 valence electrons. The predicted molar refractivity (Wildman–Crippen MR) is 73.9 cm³/mol. The van der Waals surface area contributed by atoms with Gasteiger partial charge in [0.05, 0.1) is 23.7 Å². The first-order valence-corrected chi connectivity index (χ1v) is 6.98. The number of halogens is 1. The molecule has 0 bridgehead atoms. The van der Waals surface area contributed by atoms with Gasteiger partial charge in [0, 0.05) is 10.6 Å². The molecule has 0 saturated carbocycles. The van der Waals surface area contributed by atoms with Gasteiger partial charge in [-0.15, -0.1) is 0 Å². The fourth-order valence-electron chi connectivity index (χ4n) is 1.74. The molecule has 2 aromatic carbocycles. The van der Waals surface area contributed by atoms with Crippen LogP contribution in [-0.4, -0.2) is 11.3 Å². The Morgan fingerprint density at radius 3 is 2.74 bits per heavy atom. The second-order valence-corrected chi connectivity index (χ2v) is 5.51. The van der Waals surface area contributed by atoms with Crippen LogP contribution in [0.2, 0.25) is 0 Å². The van der Waals surface area contributed by atoms with Crippen molar-refractivity contribution in [1.29, 1.82) is 0 Å². The van der Waals surface area contributed by atoms with Crippen LogP contribution in [0.3, 0.4) is 0 Å². The minimum absolute atomic E-state index is 0.217. The van der Waals surface area contributed by atoms with E-state index in [0.717, 1.165) is 0 Å². The van der Waals surface area contributed by atoms with E-state index in [1.165, 1.54) is 12.1 Å². The fourth-order valence-corrected chi connectivity index (χ4v) is 2.85. The molecule has 2 N–H and O–H groups in total. The van der Waals surface area contributed by atoms with Crippen LogP contribution < -0.4 is 10.5 Å². The third kappa shape index (κ3) is 3.54. The Hall–Kier alpha value is -1.88. The first-order chi connectivity index (χ1) is 9.08. The Balaban J connectivity index is 2.20. The Bertz CT molecular complexity index is 596. The van der Waals surface area contributed by atoms with E-state index < -0.39 is 16.6 Å². The molecule has 2 rings (SSSR count). The van der Waals surface area contributed by atoms with Crippen LogP contribution in [0.4, 0.5) is 10.1 Å². The summed E-state index contributed by atoms with van der Waals surface area (Å²) in [5.41, 5.74) is 6.50. The molecule has 0 fully saturated rings. The Morgan fingerprint density at radius 1 is 1.26 bits per heavy atom. The van der Waals surface area contributed by atoms with Crippen LogP contribution in [0.1, 0.15) is 5.56 Å². The Morgan fingerprint density at radius 2 is 2.05 bits per heavy atom. The standard InChI is InChI=1S/C14H14FNO2S/c1-18-13-3-2-4-14(8-13)19(17)9-10-5-11(15)7-12(16)6-10/h2-8H,9,16H2,1H3. The molecule has 3 nitrogen and oxygen atoms in total. The monoisotopic (exact) mass is 279 g/mol. The third-order valence-corrected chi connectivity index (χ3v) is 3.96. The van der Waals surface area contributed by atoms with Crippen molar-refractivity contribution < 1.29 is 13.3 Å². The summed E-state index contributed by atoms with van der Waals surface area (Å²) in [5.74, 6) is 0.442. The van der Waals surface area contributed by atoms with Crippen molar-refractivity contribution in [2.75, 3.05) is 12.8 Å². The molecule has 0 saturated heterocycles. The number of methoxy groups -OCH3 is 1. The third-order valence-electron chi connectivity index (χ3n) is 2.58. The molecule has 1 atom stereocenters. The van der Waals surface area contributed by atoms with Crippen molar-refractivity contribution in [3.63, 3.8) is 0 Å². The zero-order valence-electron chi connectivity index (χ0n) is 10.4. The van der Waals surface area contributed by atoms with E-state index in [9.17, 15) is 8.60 Å². The summed E-state index contributed by atoms with van der Waals surface area (Å²) in [6.07, 6.45) is 0. The summed E-state index contributed by atoms with van der Waals surface area (Å²) in [7, 11) is 0.286. The molecule has 0 aliphatic carbocycles. The number of hydrogen-bond donors (Lipinski definition) is 1. The summed E-state index contributed by atoms with van der Waals surface area (Å²) in [6.45, 7) is 0. The highest BCUT2D eigenvalue weighted by atomic mass is 32.2. The molecule has 0 amide bonds. The maximum Gasteiger partial charge on any atom is 0.125 e. The molecule has 1 unspecified atom stereocenters. The van der Waals surface area contributed by atoms with Gasteiger partial charge in [0.1, 0.15) is 11.6 Å². The highest BCUT2D eigenvalue weighted by Gasteiger charge is 2.08. The van der Waals surface area contributed by atoms with E-state index in [4.69, 9.17) is 10.5 Å².